The van der Waals surface area contributed by atoms with Crippen molar-refractivity contribution in [1.29, 1.82) is 0 Å². The van der Waals surface area contributed by atoms with Crippen molar-refractivity contribution in [1.82, 2.24) is 0 Å². The second-order valence-corrected chi connectivity index (χ2v) is 9.76. The standard InChI is InChI=1S/C28H25N3O4/c1-28(2)15-23-25(24(32)16-28)26(17-8-11-20(12-9-17)31(34)35)30-21-13-10-19(14-22(21)29-23)27(33)18-6-4-3-5-7-18/h3-15,25-26,29-30H,16H2,1-2H3/t25-,26+/m1/s1. The van der Waals surface area contributed by atoms with Gasteiger partial charge in [-0.05, 0) is 29.2 Å². The third-order valence-electron chi connectivity index (χ3n) is 6.56. The van der Waals surface area contributed by atoms with Crippen LogP contribution < -0.4 is 10.6 Å². The number of hydrogen-bond donors (Lipinski definition) is 2. The average Bonchev–Trinajstić information content (AvgIpc) is 2.99. The average molecular weight is 468 g/mol. The first kappa shape index (κ1) is 22.5. The van der Waals surface area contributed by atoms with Gasteiger partial charge in [0.2, 0.25) is 0 Å². The fourth-order valence-corrected chi connectivity index (χ4v) is 4.93. The van der Waals surface area contributed by atoms with E-state index >= 15 is 0 Å². The molecule has 5 rings (SSSR count). The van der Waals surface area contributed by atoms with E-state index in [-0.39, 0.29) is 22.7 Å². The van der Waals surface area contributed by atoms with E-state index in [0.29, 0.717) is 23.2 Å². The number of anilines is 2. The molecule has 1 aliphatic carbocycles. The van der Waals surface area contributed by atoms with Crippen LogP contribution in [0.1, 0.15) is 47.8 Å². The van der Waals surface area contributed by atoms with Crippen molar-refractivity contribution in [3.05, 3.63) is 111 Å². The van der Waals surface area contributed by atoms with Crippen LogP contribution >= 0.6 is 0 Å². The lowest BCUT2D eigenvalue weighted by Gasteiger charge is -2.35. The van der Waals surface area contributed by atoms with Gasteiger partial charge in [-0.2, -0.15) is 0 Å². The first-order valence-electron chi connectivity index (χ1n) is 11.5. The largest absolute Gasteiger partial charge is 0.375 e. The minimum atomic E-state index is -0.495. The molecule has 0 spiro atoms. The Kier molecular flexibility index (Phi) is 5.47. The Bertz CT molecular complexity index is 1360. The normalized spacial score (nSPS) is 20.3. The van der Waals surface area contributed by atoms with Crippen molar-refractivity contribution < 1.29 is 14.5 Å². The van der Waals surface area contributed by atoms with Gasteiger partial charge in [0.1, 0.15) is 5.78 Å². The molecular formula is C28H25N3O4. The van der Waals surface area contributed by atoms with Gasteiger partial charge in [-0.15, -0.1) is 0 Å². The number of benzene rings is 3. The monoisotopic (exact) mass is 467 g/mol. The molecule has 3 aromatic rings. The van der Waals surface area contributed by atoms with Gasteiger partial charge in [0.15, 0.2) is 5.78 Å². The van der Waals surface area contributed by atoms with Crippen LogP contribution in [-0.4, -0.2) is 16.5 Å². The van der Waals surface area contributed by atoms with Gasteiger partial charge >= 0.3 is 0 Å². The number of nitrogens with zero attached hydrogens (tertiary/aromatic N) is 1. The molecule has 0 saturated carbocycles. The summed E-state index contributed by atoms with van der Waals surface area (Å²) in [7, 11) is 0. The molecule has 176 valence electrons. The topological polar surface area (TPSA) is 101 Å². The van der Waals surface area contributed by atoms with Crippen LogP contribution in [0.15, 0.2) is 84.6 Å². The molecule has 2 N–H and O–H groups in total. The third kappa shape index (κ3) is 4.33. The van der Waals surface area contributed by atoms with Crippen LogP contribution in [0.4, 0.5) is 17.1 Å². The predicted octanol–water partition coefficient (Wildman–Crippen LogP) is 5.90. The van der Waals surface area contributed by atoms with Crippen molar-refractivity contribution >= 4 is 28.6 Å². The zero-order valence-corrected chi connectivity index (χ0v) is 19.4. The highest BCUT2D eigenvalue weighted by Gasteiger charge is 2.41. The number of nitro benzene ring substituents is 1. The Balaban J connectivity index is 1.59. The summed E-state index contributed by atoms with van der Waals surface area (Å²) >= 11 is 0. The van der Waals surface area contributed by atoms with Crippen molar-refractivity contribution in [3.63, 3.8) is 0 Å². The number of ketones is 2. The van der Waals surface area contributed by atoms with Crippen LogP contribution in [0, 0.1) is 21.4 Å². The maximum absolute atomic E-state index is 13.4. The zero-order valence-electron chi connectivity index (χ0n) is 19.4. The van der Waals surface area contributed by atoms with Gasteiger partial charge in [-0.3, -0.25) is 19.7 Å². The molecule has 1 heterocycles. The van der Waals surface area contributed by atoms with E-state index in [0.717, 1.165) is 16.9 Å². The van der Waals surface area contributed by atoms with Gasteiger partial charge in [-0.1, -0.05) is 62.4 Å². The first-order valence-corrected chi connectivity index (χ1v) is 11.5. The molecule has 0 fully saturated rings. The highest BCUT2D eigenvalue weighted by Crippen LogP contribution is 2.45. The zero-order chi connectivity index (χ0) is 24.7. The molecule has 0 radical (unpaired) electrons. The number of rotatable bonds is 4. The Morgan fingerprint density at radius 1 is 0.971 bits per heavy atom. The van der Waals surface area contributed by atoms with Crippen LogP contribution in [-0.2, 0) is 4.79 Å². The maximum Gasteiger partial charge on any atom is 0.269 e. The van der Waals surface area contributed by atoms with Crippen molar-refractivity contribution in [3.8, 4) is 0 Å². The molecule has 0 unspecified atom stereocenters. The number of carbonyl (C=O) groups excluding carboxylic acids is 2. The number of hydrogen-bond acceptors (Lipinski definition) is 6. The fourth-order valence-electron chi connectivity index (χ4n) is 4.93. The Hall–Kier alpha value is -4.26. The van der Waals surface area contributed by atoms with Gasteiger partial charge in [0, 0.05) is 35.4 Å². The summed E-state index contributed by atoms with van der Waals surface area (Å²) in [5.41, 5.74) is 3.82. The van der Waals surface area contributed by atoms with Crippen molar-refractivity contribution in [2.24, 2.45) is 11.3 Å². The predicted molar refractivity (Wildman–Crippen MR) is 134 cm³/mol. The molecule has 0 saturated heterocycles. The highest BCUT2D eigenvalue weighted by molar-refractivity contribution is 6.10. The number of carbonyl (C=O) groups is 2. The summed E-state index contributed by atoms with van der Waals surface area (Å²) in [5.74, 6) is -0.494. The number of Topliss-reactive ketones (excluding diaryl/α,β-unsaturated/α-hetero) is 1. The molecule has 0 aromatic heterocycles. The van der Waals surface area contributed by atoms with Gasteiger partial charge in [0.05, 0.1) is 28.3 Å². The molecule has 7 nitrogen and oxygen atoms in total. The Morgan fingerprint density at radius 2 is 1.69 bits per heavy atom. The second-order valence-electron chi connectivity index (χ2n) is 9.76. The maximum atomic E-state index is 13.4. The van der Waals surface area contributed by atoms with E-state index in [1.54, 1.807) is 36.4 Å². The molecule has 7 heteroatoms. The number of nitrogens with one attached hydrogen (secondary N) is 2. The van der Waals surface area contributed by atoms with E-state index in [1.165, 1.54) is 12.1 Å². The molecular weight excluding hydrogens is 442 g/mol. The summed E-state index contributed by atoms with van der Waals surface area (Å²) in [6.45, 7) is 4.04. The minimum Gasteiger partial charge on any atom is -0.375 e. The van der Waals surface area contributed by atoms with E-state index in [1.807, 2.05) is 38.1 Å². The summed E-state index contributed by atoms with van der Waals surface area (Å²) < 4.78 is 0. The highest BCUT2D eigenvalue weighted by atomic mass is 16.6. The summed E-state index contributed by atoms with van der Waals surface area (Å²) in [6.07, 6.45) is 2.47. The molecule has 1 aliphatic heterocycles. The quantitative estimate of drug-likeness (QED) is 0.281. The minimum absolute atomic E-state index is 0.00293. The smallest absolute Gasteiger partial charge is 0.269 e. The van der Waals surface area contributed by atoms with Crippen LogP contribution in [0.2, 0.25) is 0 Å². The Morgan fingerprint density at radius 3 is 2.37 bits per heavy atom. The number of non-ortho nitro benzene ring substituents is 1. The second kappa shape index (κ2) is 8.51. The van der Waals surface area contributed by atoms with Crippen LogP contribution in [0.25, 0.3) is 0 Å². The van der Waals surface area contributed by atoms with Gasteiger partial charge in [0.25, 0.3) is 5.69 Å². The third-order valence-corrected chi connectivity index (χ3v) is 6.56. The lowest BCUT2D eigenvalue weighted by atomic mass is 9.72. The summed E-state index contributed by atoms with van der Waals surface area (Å²) in [5, 5.41) is 18.1. The first-order chi connectivity index (χ1) is 16.7. The van der Waals surface area contributed by atoms with Crippen molar-refractivity contribution in [2.45, 2.75) is 26.3 Å². The number of allylic oxidation sites excluding steroid dienone is 1. The lowest BCUT2D eigenvalue weighted by Crippen LogP contribution is -2.36. The summed E-state index contributed by atoms with van der Waals surface area (Å²) in [4.78, 5) is 37.1. The van der Waals surface area contributed by atoms with Gasteiger partial charge in [-0.25, -0.2) is 0 Å². The molecule has 35 heavy (non-hydrogen) atoms. The van der Waals surface area contributed by atoms with Gasteiger partial charge < -0.3 is 10.6 Å². The molecule has 0 bridgehead atoms. The van der Waals surface area contributed by atoms with E-state index < -0.39 is 16.9 Å². The lowest BCUT2D eigenvalue weighted by molar-refractivity contribution is -0.384. The van der Waals surface area contributed by atoms with E-state index in [9.17, 15) is 19.7 Å². The summed E-state index contributed by atoms with van der Waals surface area (Å²) in [6, 6.07) is 20.4. The Labute approximate surface area is 203 Å². The van der Waals surface area contributed by atoms with Crippen LogP contribution in [0.5, 0.6) is 0 Å². The molecule has 2 aliphatic rings. The number of nitro groups is 1. The SMILES string of the molecule is CC1(C)C=C2Nc3cc(C(=O)c4ccccc4)ccc3N[C@@H](c3ccc([N+](=O)[O-])cc3)[C@H]2C(=O)C1. The number of fused-ring (bicyclic) bond motifs is 2. The van der Waals surface area contributed by atoms with Crippen LogP contribution in [0.3, 0.4) is 0 Å². The fraction of sp³-hybridized carbons (Fsp3) is 0.214. The van der Waals surface area contributed by atoms with E-state index in [4.69, 9.17) is 0 Å². The van der Waals surface area contributed by atoms with Crippen molar-refractivity contribution in [2.75, 3.05) is 10.6 Å². The molecule has 2 atom stereocenters. The molecule has 0 amide bonds. The van der Waals surface area contributed by atoms with E-state index in [2.05, 4.69) is 16.7 Å². The molecule has 3 aromatic carbocycles.